The molecule has 2 aromatic carbocycles. The van der Waals surface area contributed by atoms with Crippen molar-refractivity contribution in [2.75, 3.05) is 5.32 Å². The molecule has 162 valence electrons. The van der Waals surface area contributed by atoms with E-state index in [1.807, 2.05) is 6.92 Å². The minimum absolute atomic E-state index is 0.111. The largest absolute Gasteiger partial charge is 0.508 e. The van der Waals surface area contributed by atoms with E-state index in [1.54, 1.807) is 77.9 Å². The fraction of sp³-hybridized carbons (Fsp3) is 0.120. The number of amides is 2. The van der Waals surface area contributed by atoms with Gasteiger partial charge in [0.2, 0.25) is 0 Å². The Morgan fingerprint density at radius 3 is 2.44 bits per heavy atom. The first-order valence-corrected chi connectivity index (χ1v) is 10.1. The van der Waals surface area contributed by atoms with Crippen LogP contribution in [-0.2, 0) is 13.1 Å². The zero-order valence-electron chi connectivity index (χ0n) is 17.4. The van der Waals surface area contributed by atoms with Crippen LogP contribution in [0.4, 0.5) is 5.69 Å². The van der Waals surface area contributed by atoms with E-state index in [2.05, 4.69) is 5.32 Å². The van der Waals surface area contributed by atoms with Crippen molar-refractivity contribution in [3.05, 3.63) is 107 Å². The summed E-state index contributed by atoms with van der Waals surface area (Å²) in [6.45, 7) is 2.25. The number of hydrogen-bond acceptors (Lipinski definition) is 5. The number of hydrogen-bond donors (Lipinski definition) is 2. The topological polar surface area (TPSA) is 95.9 Å². The average Bonchev–Trinajstić information content (AvgIpc) is 3.50. The van der Waals surface area contributed by atoms with E-state index in [-0.39, 0.29) is 30.5 Å². The fourth-order valence-corrected chi connectivity index (χ4v) is 3.30. The third-order valence-corrected chi connectivity index (χ3v) is 5.04. The van der Waals surface area contributed by atoms with E-state index < -0.39 is 5.91 Å². The smallest absolute Gasteiger partial charge is 0.291 e. The summed E-state index contributed by atoms with van der Waals surface area (Å²) in [5.41, 5.74) is 2.33. The lowest BCUT2D eigenvalue weighted by Crippen LogP contribution is -2.30. The van der Waals surface area contributed by atoms with E-state index >= 15 is 0 Å². The van der Waals surface area contributed by atoms with Gasteiger partial charge >= 0.3 is 0 Å². The summed E-state index contributed by atoms with van der Waals surface area (Å²) < 4.78 is 10.6. The Morgan fingerprint density at radius 1 is 0.938 bits per heavy atom. The number of furan rings is 2. The Kier molecular flexibility index (Phi) is 6.07. The van der Waals surface area contributed by atoms with Gasteiger partial charge < -0.3 is 24.2 Å². The van der Waals surface area contributed by atoms with E-state index in [0.29, 0.717) is 22.6 Å². The van der Waals surface area contributed by atoms with Gasteiger partial charge in [-0.05, 0) is 55.0 Å². The van der Waals surface area contributed by atoms with Gasteiger partial charge in [-0.15, -0.1) is 0 Å². The second-order valence-corrected chi connectivity index (χ2v) is 7.33. The number of anilines is 1. The molecule has 0 saturated heterocycles. The zero-order valence-corrected chi connectivity index (χ0v) is 17.4. The fourth-order valence-electron chi connectivity index (χ4n) is 3.30. The van der Waals surface area contributed by atoms with E-state index in [0.717, 1.165) is 5.56 Å². The third kappa shape index (κ3) is 4.73. The van der Waals surface area contributed by atoms with Gasteiger partial charge in [0.25, 0.3) is 11.8 Å². The minimum Gasteiger partial charge on any atom is -0.508 e. The van der Waals surface area contributed by atoms with Gasteiger partial charge in [-0.2, -0.15) is 0 Å². The molecule has 0 atom stereocenters. The summed E-state index contributed by atoms with van der Waals surface area (Å²) in [6, 6.07) is 18.7. The number of aryl methyl sites for hydroxylation is 1. The SMILES string of the molecule is Cc1ccc(C(=O)N(Cc2ccco2)Cc2ccccc2O)cc1NC(=O)c1ccco1. The molecule has 32 heavy (non-hydrogen) atoms. The molecule has 2 aromatic heterocycles. The van der Waals surface area contributed by atoms with Crippen LogP contribution in [0.1, 0.15) is 37.8 Å². The monoisotopic (exact) mass is 430 g/mol. The summed E-state index contributed by atoms with van der Waals surface area (Å²) in [6.07, 6.45) is 2.97. The van der Waals surface area contributed by atoms with Crippen molar-refractivity contribution in [1.82, 2.24) is 4.90 Å². The van der Waals surface area contributed by atoms with Gasteiger partial charge in [0.1, 0.15) is 11.5 Å². The number of nitrogens with zero attached hydrogens (tertiary/aromatic N) is 1. The number of benzene rings is 2. The first kappa shape index (κ1) is 21.0. The van der Waals surface area contributed by atoms with Crippen molar-refractivity contribution in [2.24, 2.45) is 0 Å². The molecule has 2 N–H and O–H groups in total. The van der Waals surface area contributed by atoms with Crippen LogP contribution in [0.3, 0.4) is 0 Å². The number of carbonyl (C=O) groups excluding carboxylic acids is 2. The van der Waals surface area contributed by atoms with Crippen LogP contribution in [-0.4, -0.2) is 21.8 Å². The molecule has 7 heteroatoms. The molecular formula is C25H22N2O5. The summed E-state index contributed by atoms with van der Waals surface area (Å²) in [4.78, 5) is 27.4. The highest BCUT2D eigenvalue weighted by Gasteiger charge is 2.20. The number of rotatable bonds is 7. The van der Waals surface area contributed by atoms with E-state index in [4.69, 9.17) is 8.83 Å². The van der Waals surface area contributed by atoms with Crippen molar-refractivity contribution in [2.45, 2.75) is 20.0 Å². The summed E-state index contributed by atoms with van der Waals surface area (Å²) in [7, 11) is 0. The Balaban J connectivity index is 1.61. The highest BCUT2D eigenvalue weighted by atomic mass is 16.3. The van der Waals surface area contributed by atoms with Crippen LogP contribution >= 0.6 is 0 Å². The highest BCUT2D eigenvalue weighted by molar-refractivity contribution is 6.04. The predicted molar refractivity (Wildman–Crippen MR) is 118 cm³/mol. The Hall–Kier alpha value is -4.26. The number of nitrogens with one attached hydrogen (secondary N) is 1. The second kappa shape index (κ2) is 9.26. The van der Waals surface area contributed by atoms with Gasteiger partial charge in [0, 0.05) is 16.8 Å². The van der Waals surface area contributed by atoms with Crippen LogP contribution in [0.2, 0.25) is 0 Å². The van der Waals surface area contributed by atoms with Gasteiger partial charge in [-0.1, -0.05) is 24.3 Å². The molecule has 7 nitrogen and oxygen atoms in total. The van der Waals surface area contributed by atoms with E-state index in [9.17, 15) is 14.7 Å². The van der Waals surface area contributed by atoms with Crippen molar-refractivity contribution in [3.8, 4) is 5.75 Å². The van der Waals surface area contributed by atoms with Crippen LogP contribution in [0.15, 0.2) is 88.1 Å². The molecule has 0 radical (unpaired) electrons. The quantitative estimate of drug-likeness (QED) is 0.431. The Bertz CT molecular complexity index is 1210. The van der Waals surface area contributed by atoms with Gasteiger partial charge in [-0.25, -0.2) is 0 Å². The number of para-hydroxylation sites is 1. The maximum absolute atomic E-state index is 13.4. The highest BCUT2D eigenvalue weighted by Crippen LogP contribution is 2.23. The molecule has 0 bridgehead atoms. The maximum atomic E-state index is 13.4. The van der Waals surface area contributed by atoms with Crippen molar-refractivity contribution in [3.63, 3.8) is 0 Å². The first-order valence-electron chi connectivity index (χ1n) is 10.1. The predicted octanol–water partition coefficient (Wildman–Crippen LogP) is 4.98. The van der Waals surface area contributed by atoms with Gasteiger partial charge in [0.15, 0.2) is 5.76 Å². The van der Waals surface area contributed by atoms with Crippen molar-refractivity contribution >= 4 is 17.5 Å². The molecule has 0 fully saturated rings. The summed E-state index contributed by atoms with van der Waals surface area (Å²) >= 11 is 0. The lowest BCUT2D eigenvalue weighted by Gasteiger charge is -2.23. The second-order valence-electron chi connectivity index (χ2n) is 7.33. The lowest BCUT2D eigenvalue weighted by atomic mass is 10.1. The molecule has 4 rings (SSSR count). The molecule has 2 heterocycles. The normalized spacial score (nSPS) is 10.7. The number of aromatic hydroxyl groups is 1. The first-order chi connectivity index (χ1) is 15.5. The van der Waals surface area contributed by atoms with Gasteiger partial charge in [0.05, 0.1) is 25.6 Å². The average molecular weight is 430 g/mol. The molecular weight excluding hydrogens is 408 g/mol. The van der Waals surface area contributed by atoms with Crippen LogP contribution in [0.5, 0.6) is 5.75 Å². The maximum Gasteiger partial charge on any atom is 0.291 e. The third-order valence-electron chi connectivity index (χ3n) is 5.04. The minimum atomic E-state index is -0.399. The molecule has 0 saturated carbocycles. The molecule has 0 aliphatic heterocycles. The summed E-state index contributed by atoms with van der Waals surface area (Å²) in [5, 5.41) is 13.0. The van der Waals surface area contributed by atoms with Gasteiger partial charge in [-0.3, -0.25) is 9.59 Å². The number of carbonyl (C=O) groups is 2. The molecule has 0 aliphatic carbocycles. The molecule has 0 unspecified atom stereocenters. The number of phenols is 1. The Morgan fingerprint density at radius 2 is 1.72 bits per heavy atom. The summed E-state index contributed by atoms with van der Waals surface area (Å²) in [5.74, 6) is 0.245. The molecule has 0 aliphatic rings. The van der Waals surface area contributed by atoms with Crippen molar-refractivity contribution in [1.29, 1.82) is 0 Å². The van der Waals surface area contributed by atoms with Crippen LogP contribution in [0, 0.1) is 6.92 Å². The van der Waals surface area contributed by atoms with Crippen LogP contribution in [0.25, 0.3) is 0 Å². The molecule has 2 amide bonds. The van der Waals surface area contributed by atoms with E-state index in [1.165, 1.54) is 6.26 Å². The molecule has 0 spiro atoms. The standard InChI is InChI=1S/C25H22N2O5/c1-17-10-11-18(14-21(17)26-24(29)23-9-5-13-32-23)25(30)27(16-20-7-4-12-31-20)15-19-6-2-3-8-22(19)28/h2-14,28H,15-16H2,1H3,(H,26,29). The van der Waals surface area contributed by atoms with Crippen molar-refractivity contribution < 1.29 is 23.5 Å². The lowest BCUT2D eigenvalue weighted by molar-refractivity contribution is 0.0716. The number of phenolic OH excluding ortho intramolecular Hbond substituents is 1. The Labute approximate surface area is 184 Å². The molecule has 4 aromatic rings. The zero-order chi connectivity index (χ0) is 22.5. The van der Waals surface area contributed by atoms with Crippen LogP contribution < -0.4 is 5.32 Å².